The van der Waals surface area contributed by atoms with Gasteiger partial charge in [-0.1, -0.05) is 0 Å². The summed E-state index contributed by atoms with van der Waals surface area (Å²) in [6.07, 6.45) is 3.90. The Balaban J connectivity index is 1.73. The Morgan fingerprint density at radius 3 is 2.14 bits per heavy atom. The third kappa shape index (κ3) is 3.00. The van der Waals surface area contributed by atoms with Crippen LogP contribution in [0, 0.1) is 5.82 Å². The summed E-state index contributed by atoms with van der Waals surface area (Å²) in [4.78, 5) is 12.0. The van der Waals surface area contributed by atoms with E-state index in [-0.39, 0.29) is 11.7 Å². The van der Waals surface area contributed by atoms with Crippen molar-refractivity contribution in [1.29, 1.82) is 0 Å². The van der Waals surface area contributed by atoms with Crippen LogP contribution in [0.15, 0.2) is 73.1 Å². The largest absolute Gasteiger partial charge is 0.324 e. The van der Waals surface area contributed by atoms with Crippen LogP contribution in [0.2, 0.25) is 0 Å². The van der Waals surface area contributed by atoms with E-state index in [0.29, 0.717) is 11.3 Å². The molecular weight excluding hydrogens is 267 g/mol. The fourth-order valence-electron chi connectivity index (χ4n) is 2.03. The first kappa shape index (κ1) is 13.1. The summed E-state index contributed by atoms with van der Waals surface area (Å²) in [5.74, 6) is -0.619. The molecule has 0 bridgehead atoms. The van der Waals surface area contributed by atoms with Crippen molar-refractivity contribution in [3.63, 3.8) is 0 Å². The first-order valence-corrected chi connectivity index (χ1v) is 6.53. The molecule has 1 heterocycles. The van der Waals surface area contributed by atoms with E-state index in [0.717, 1.165) is 5.69 Å². The number of hydrogen-bond acceptors (Lipinski definition) is 1. The number of aromatic nitrogens is 1. The second-order valence-electron chi connectivity index (χ2n) is 4.60. The van der Waals surface area contributed by atoms with Gasteiger partial charge in [-0.3, -0.25) is 4.79 Å². The van der Waals surface area contributed by atoms with E-state index in [1.165, 1.54) is 24.3 Å². The number of benzene rings is 2. The Kier molecular flexibility index (Phi) is 3.51. The van der Waals surface area contributed by atoms with Crippen molar-refractivity contribution < 1.29 is 9.18 Å². The minimum absolute atomic E-state index is 0.260. The monoisotopic (exact) mass is 280 g/mol. The number of anilines is 1. The first-order chi connectivity index (χ1) is 10.2. The van der Waals surface area contributed by atoms with Crippen LogP contribution in [0.1, 0.15) is 10.4 Å². The highest BCUT2D eigenvalue weighted by Crippen LogP contribution is 2.14. The zero-order chi connectivity index (χ0) is 14.7. The molecule has 1 aromatic heterocycles. The maximum atomic E-state index is 12.8. The van der Waals surface area contributed by atoms with E-state index in [1.807, 2.05) is 53.4 Å². The summed E-state index contributed by atoms with van der Waals surface area (Å²) >= 11 is 0. The predicted molar refractivity (Wildman–Crippen MR) is 80.1 cm³/mol. The third-order valence-corrected chi connectivity index (χ3v) is 3.13. The summed E-state index contributed by atoms with van der Waals surface area (Å²) in [5, 5.41) is 2.78. The molecule has 0 aliphatic carbocycles. The van der Waals surface area contributed by atoms with Gasteiger partial charge in [0.25, 0.3) is 5.91 Å². The molecule has 4 heteroatoms. The van der Waals surface area contributed by atoms with Gasteiger partial charge < -0.3 is 9.88 Å². The average molecular weight is 280 g/mol. The smallest absolute Gasteiger partial charge is 0.255 e. The third-order valence-electron chi connectivity index (χ3n) is 3.13. The van der Waals surface area contributed by atoms with Crippen LogP contribution in [-0.2, 0) is 0 Å². The molecule has 1 N–H and O–H groups in total. The highest BCUT2D eigenvalue weighted by Gasteiger charge is 2.06. The molecular formula is C17H13FN2O. The molecule has 0 radical (unpaired) electrons. The lowest BCUT2D eigenvalue weighted by Crippen LogP contribution is -2.11. The summed E-state index contributed by atoms with van der Waals surface area (Å²) in [6, 6.07) is 16.8. The van der Waals surface area contributed by atoms with E-state index in [2.05, 4.69) is 5.32 Å². The normalized spacial score (nSPS) is 10.3. The van der Waals surface area contributed by atoms with Gasteiger partial charge in [-0.05, 0) is 60.7 Å². The maximum absolute atomic E-state index is 12.8. The van der Waals surface area contributed by atoms with Gasteiger partial charge in [0.05, 0.1) is 0 Å². The number of rotatable bonds is 3. The highest BCUT2D eigenvalue weighted by molar-refractivity contribution is 6.04. The zero-order valence-corrected chi connectivity index (χ0v) is 11.2. The van der Waals surface area contributed by atoms with Crippen molar-refractivity contribution in [3.8, 4) is 5.69 Å². The van der Waals surface area contributed by atoms with Gasteiger partial charge in [0.15, 0.2) is 0 Å². The molecule has 0 atom stereocenters. The van der Waals surface area contributed by atoms with E-state index < -0.39 is 0 Å². The number of hydrogen-bond donors (Lipinski definition) is 1. The van der Waals surface area contributed by atoms with Crippen LogP contribution in [0.3, 0.4) is 0 Å². The Labute approximate surface area is 121 Å². The van der Waals surface area contributed by atoms with E-state index in [1.54, 1.807) is 0 Å². The van der Waals surface area contributed by atoms with Gasteiger partial charge in [0.1, 0.15) is 5.82 Å². The van der Waals surface area contributed by atoms with Crippen molar-refractivity contribution in [2.45, 2.75) is 0 Å². The van der Waals surface area contributed by atoms with E-state index in [4.69, 9.17) is 0 Å². The molecule has 2 aromatic carbocycles. The Bertz CT molecular complexity index is 731. The van der Waals surface area contributed by atoms with Gasteiger partial charge in [0, 0.05) is 29.3 Å². The minimum Gasteiger partial charge on any atom is -0.324 e. The number of nitrogens with zero attached hydrogens (tertiary/aromatic N) is 1. The van der Waals surface area contributed by atoms with Crippen LogP contribution in [0.25, 0.3) is 5.69 Å². The number of amides is 1. The number of halogens is 1. The summed E-state index contributed by atoms with van der Waals surface area (Å²) in [5.41, 5.74) is 2.13. The minimum atomic E-state index is -0.359. The molecule has 3 nitrogen and oxygen atoms in total. The van der Waals surface area contributed by atoms with Gasteiger partial charge >= 0.3 is 0 Å². The molecule has 3 rings (SSSR count). The molecule has 104 valence electrons. The van der Waals surface area contributed by atoms with Gasteiger partial charge in [0.2, 0.25) is 0 Å². The molecule has 3 aromatic rings. The highest BCUT2D eigenvalue weighted by atomic mass is 19.1. The Morgan fingerprint density at radius 1 is 0.905 bits per heavy atom. The molecule has 0 fully saturated rings. The van der Waals surface area contributed by atoms with Crippen molar-refractivity contribution in [2.24, 2.45) is 0 Å². The number of carbonyl (C=O) groups excluding carboxylic acids is 1. The quantitative estimate of drug-likeness (QED) is 0.776. The maximum Gasteiger partial charge on any atom is 0.255 e. The van der Waals surface area contributed by atoms with Crippen LogP contribution < -0.4 is 5.32 Å². The molecule has 0 saturated carbocycles. The zero-order valence-electron chi connectivity index (χ0n) is 11.2. The van der Waals surface area contributed by atoms with Gasteiger partial charge in [-0.25, -0.2) is 4.39 Å². The van der Waals surface area contributed by atoms with Crippen LogP contribution >= 0.6 is 0 Å². The van der Waals surface area contributed by atoms with E-state index in [9.17, 15) is 9.18 Å². The molecule has 0 spiro atoms. The van der Waals surface area contributed by atoms with Gasteiger partial charge in [-0.15, -0.1) is 0 Å². The van der Waals surface area contributed by atoms with Crippen LogP contribution in [0.5, 0.6) is 0 Å². The number of nitrogens with one attached hydrogen (secondary N) is 1. The SMILES string of the molecule is O=C(Nc1ccc(-n2cccc2)cc1)c1ccc(F)cc1. The molecule has 0 aliphatic heterocycles. The summed E-state index contributed by atoms with van der Waals surface area (Å²) in [7, 11) is 0. The lowest BCUT2D eigenvalue weighted by atomic mass is 10.2. The molecule has 0 unspecified atom stereocenters. The van der Waals surface area contributed by atoms with Gasteiger partial charge in [-0.2, -0.15) is 0 Å². The topological polar surface area (TPSA) is 34.0 Å². The lowest BCUT2D eigenvalue weighted by molar-refractivity contribution is 0.102. The van der Waals surface area contributed by atoms with Crippen molar-refractivity contribution in [3.05, 3.63) is 84.4 Å². The molecule has 0 aliphatic rings. The lowest BCUT2D eigenvalue weighted by Gasteiger charge is -2.07. The average Bonchev–Trinajstić information content (AvgIpc) is 3.03. The predicted octanol–water partition coefficient (Wildman–Crippen LogP) is 3.87. The molecule has 21 heavy (non-hydrogen) atoms. The standard InChI is InChI=1S/C17H13FN2O/c18-14-5-3-13(4-6-14)17(21)19-15-7-9-16(10-8-15)20-11-1-2-12-20/h1-12H,(H,19,21). The number of carbonyl (C=O) groups is 1. The van der Waals surface area contributed by atoms with Crippen LogP contribution in [-0.4, -0.2) is 10.5 Å². The summed E-state index contributed by atoms with van der Waals surface area (Å²) in [6.45, 7) is 0. The fraction of sp³-hybridized carbons (Fsp3) is 0. The fourth-order valence-corrected chi connectivity index (χ4v) is 2.03. The molecule has 0 saturated heterocycles. The first-order valence-electron chi connectivity index (χ1n) is 6.53. The summed E-state index contributed by atoms with van der Waals surface area (Å²) < 4.78 is 14.8. The van der Waals surface area contributed by atoms with Crippen molar-refractivity contribution in [2.75, 3.05) is 5.32 Å². The van der Waals surface area contributed by atoms with Crippen LogP contribution in [0.4, 0.5) is 10.1 Å². The second kappa shape index (κ2) is 5.63. The Morgan fingerprint density at radius 2 is 1.52 bits per heavy atom. The van der Waals surface area contributed by atoms with Crippen molar-refractivity contribution >= 4 is 11.6 Å². The van der Waals surface area contributed by atoms with E-state index >= 15 is 0 Å². The van der Waals surface area contributed by atoms with Crippen molar-refractivity contribution in [1.82, 2.24) is 4.57 Å². The second-order valence-corrected chi connectivity index (χ2v) is 4.60. The Hall–Kier alpha value is -2.88. The molecule has 1 amide bonds.